The Morgan fingerprint density at radius 3 is 2.88 bits per heavy atom. The first kappa shape index (κ1) is 9.84. The van der Waals surface area contributed by atoms with Gasteiger partial charge in [0, 0.05) is 23.5 Å². The largest absolute Gasteiger partial charge is 0.456 e. The summed E-state index contributed by atoms with van der Waals surface area (Å²) in [6, 6.07) is 7.84. The van der Waals surface area contributed by atoms with Gasteiger partial charge in [0.1, 0.15) is 17.2 Å². The first-order chi connectivity index (χ1) is 8.24. The van der Waals surface area contributed by atoms with Gasteiger partial charge in [-0.2, -0.15) is 0 Å². The van der Waals surface area contributed by atoms with Crippen LogP contribution >= 0.6 is 0 Å². The van der Waals surface area contributed by atoms with E-state index in [0.29, 0.717) is 28.0 Å². The molecular weight excluding hydrogens is 219 g/mol. The number of hydrogen-bond acceptors (Lipinski definition) is 3. The van der Waals surface area contributed by atoms with Gasteiger partial charge in [-0.05, 0) is 30.3 Å². The summed E-state index contributed by atoms with van der Waals surface area (Å²) in [5.74, 6) is 0.306. The lowest BCUT2D eigenvalue weighted by Gasteiger charge is -1.99. The molecule has 0 radical (unpaired) electrons. The molecule has 0 aliphatic rings. The monoisotopic (exact) mass is 228 g/mol. The molecule has 0 atom stereocenters. The van der Waals surface area contributed by atoms with E-state index in [9.17, 15) is 4.39 Å². The quantitative estimate of drug-likeness (QED) is 0.695. The molecule has 2 N–H and O–H groups in total. The maximum absolute atomic E-state index is 13.0. The van der Waals surface area contributed by atoms with Crippen LogP contribution in [0.3, 0.4) is 0 Å². The number of halogens is 1. The fraction of sp³-hybridized carbons (Fsp3) is 0. The Bertz CT molecular complexity index is 691. The topological polar surface area (TPSA) is 52.0 Å². The first-order valence-corrected chi connectivity index (χ1v) is 5.13. The molecule has 0 spiro atoms. The predicted molar refractivity (Wildman–Crippen MR) is 63.8 cm³/mol. The van der Waals surface area contributed by atoms with Gasteiger partial charge in [-0.3, -0.25) is 4.98 Å². The third-order valence-electron chi connectivity index (χ3n) is 2.60. The van der Waals surface area contributed by atoms with Gasteiger partial charge in [-0.25, -0.2) is 4.39 Å². The Hall–Kier alpha value is -2.36. The van der Waals surface area contributed by atoms with E-state index in [4.69, 9.17) is 10.2 Å². The van der Waals surface area contributed by atoms with Crippen LogP contribution in [0.5, 0.6) is 0 Å². The zero-order valence-electron chi connectivity index (χ0n) is 8.85. The van der Waals surface area contributed by atoms with Crippen molar-refractivity contribution in [1.29, 1.82) is 0 Å². The number of pyridine rings is 1. The van der Waals surface area contributed by atoms with Gasteiger partial charge in [0.2, 0.25) is 0 Å². The summed E-state index contributed by atoms with van der Waals surface area (Å²) in [6.07, 6.45) is 3.24. The smallest absolute Gasteiger partial charge is 0.139 e. The van der Waals surface area contributed by atoms with Crippen molar-refractivity contribution >= 4 is 16.7 Å². The summed E-state index contributed by atoms with van der Waals surface area (Å²) in [5.41, 5.74) is 7.75. The number of rotatable bonds is 1. The molecule has 0 bridgehead atoms. The molecule has 3 aromatic rings. The number of hydrogen-bond donors (Lipinski definition) is 1. The lowest BCUT2D eigenvalue weighted by atomic mass is 10.2. The van der Waals surface area contributed by atoms with Crippen molar-refractivity contribution in [3.63, 3.8) is 0 Å². The number of nitrogens with zero attached hydrogens (tertiary/aromatic N) is 1. The molecule has 1 aromatic carbocycles. The average molecular weight is 228 g/mol. The molecule has 17 heavy (non-hydrogen) atoms. The van der Waals surface area contributed by atoms with E-state index in [2.05, 4.69) is 4.98 Å². The fourth-order valence-electron chi connectivity index (χ4n) is 1.76. The van der Waals surface area contributed by atoms with Gasteiger partial charge < -0.3 is 10.2 Å². The molecule has 2 heterocycles. The first-order valence-electron chi connectivity index (χ1n) is 5.13. The summed E-state index contributed by atoms with van der Waals surface area (Å²) in [4.78, 5) is 4.00. The molecule has 3 rings (SSSR count). The molecule has 0 amide bonds. The second-order valence-electron chi connectivity index (χ2n) is 3.76. The van der Waals surface area contributed by atoms with Crippen molar-refractivity contribution in [3.8, 4) is 11.3 Å². The lowest BCUT2D eigenvalue weighted by Crippen LogP contribution is -1.89. The van der Waals surface area contributed by atoms with Crippen LogP contribution in [0.1, 0.15) is 0 Å². The molecule has 0 aliphatic carbocycles. The van der Waals surface area contributed by atoms with E-state index in [1.54, 1.807) is 30.6 Å². The molecular formula is C13H9FN2O. The normalized spacial score (nSPS) is 10.9. The maximum Gasteiger partial charge on any atom is 0.139 e. The summed E-state index contributed by atoms with van der Waals surface area (Å²) in [7, 11) is 0. The Balaban J connectivity index is 2.22. The molecule has 0 unspecified atom stereocenters. The Labute approximate surface area is 96.7 Å². The molecule has 84 valence electrons. The van der Waals surface area contributed by atoms with Crippen LogP contribution < -0.4 is 5.73 Å². The summed E-state index contributed by atoms with van der Waals surface area (Å²) < 4.78 is 18.7. The third kappa shape index (κ3) is 1.63. The van der Waals surface area contributed by atoms with Gasteiger partial charge in [-0.15, -0.1) is 0 Å². The number of nitrogens with two attached hydrogens (primary N) is 1. The lowest BCUT2D eigenvalue weighted by molar-refractivity contribution is 0.619. The van der Waals surface area contributed by atoms with Crippen molar-refractivity contribution in [1.82, 2.24) is 4.98 Å². The van der Waals surface area contributed by atoms with Crippen molar-refractivity contribution < 1.29 is 8.81 Å². The highest BCUT2D eigenvalue weighted by Crippen LogP contribution is 2.30. The van der Waals surface area contributed by atoms with Gasteiger partial charge in [-0.1, -0.05) is 0 Å². The minimum Gasteiger partial charge on any atom is -0.456 e. The van der Waals surface area contributed by atoms with Crippen molar-refractivity contribution in [2.45, 2.75) is 0 Å². The second kappa shape index (κ2) is 3.59. The van der Waals surface area contributed by atoms with E-state index in [1.807, 2.05) is 0 Å². The molecule has 3 nitrogen and oxygen atoms in total. The number of fused-ring (bicyclic) bond motifs is 1. The summed E-state index contributed by atoms with van der Waals surface area (Å²) >= 11 is 0. The van der Waals surface area contributed by atoms with Crippen LogP contribution in [-0.4, -0.2) is 4.98 Å². The van der Waals surface area contributed by atoms with E-state index >= 15 is 0 Å². The van der Waals surface area contributed by atoms with Crippen LogP contribution in [0.2, 0.25) is 0 Å². The van der Waals surface area contributed by atoms with E-state index in [1.165, 1.54) is 12.1 Å². The Morgan fingerprint density at radius 1 is 1.18 bits per heavy atom. The van der Waals surface area contributed by atoms with Crippen LogP contribution in [0, 0.1) is 5.82 Å². The highest BCUT2D eigenvalue weighted by molar-refractivity contribution is 5.85. The van der Waals surface area contributed by atoms with Crippen LogP contribution in [0.25, 0.3) is 22.3 Å². The highest BCUT2D eigenvalue weighted by Gasteiger charge is 2.09. The zero-order chi connectivity index (χ0) is 11.8. The second-order valence-corrected chi connectivity index (χ2v) is 3.76. The summed E-state index contributed by atoms with van der Waals surface area (Å²) in [5, 5.41) is 0.711. The van der Waals surface area contributed by atoms with Crippen molar-refractivity contribution in [2.24, 2.45) is 0 Å². The zero-order valence-corrected chi connectivity index (χ0v) is 8.85. The number of nitrogen functional groups attached to an aromatic ring is 1. The number of aromatic nitrogens is 1. The van der Waals surface area contributed by atoms with E-state index < -0.39 is 0 Å². The highest BCUT2D eigenvalue weighted by atomic mass is 19.1. The fourth-order valence-corrected chi connectivity index (χ4v) is 1.76. The van der Waals surface area contributed by atoms with Crippen LogP contribution in [0.15, 0.2) is 47.1 Å². The molecule has 4 heteroatoms. The van der Waals surface area contributed by atoms with Gasteiger partial charge in [0.15, 0.2) is 0 Å². The minimum absolute atomic E-state index is 0.288. The summed E-state index contributed by atoms with van der Waals surface area (Å²) in [6.45, 7) is 0. The molecule has 0 fully saturated rings. The SMILES string of the molecule is Nc1ccncc1-c1cc2cc(F)ccc2o1. The minimum atomic E-state index is -0.288. The van der Waals surface area contributed by atoms with Crippen LogP contribution in [0.4, 0.5) is 10.1 Å². The molecule has 0 saturated carbocycles. The number of benzene rings is 1. The average Bonchev–Trinajstić information content (AvgIpc) is 2.72. The van der Waals surface area contributed by atoms with Crippen LogP contribution in [-0.2, 0) is 0 Å². The Kier molecular flexibility index (Phi) is 2.08. The molecule has 2 aromatic heterocycles. The standard InChI is InChI=1S/C13H9FN2O/c14-9-1-2-12-8(5-9)6-13(17-12)10-7-16-4-3-11(10)15/h1-7H,(H2,15,16). The number of anilines is 1. The Morgan fingerprint density at radius 2 is 2.06 bits per heavy atom. The molecule has 0 aliphatic heterocycles. The third-order valence-corrected chi connectivity index (χ3v) is 2.60. The molecule has 0 saturated heterocycles. The van der Waals surface area contributed by atoms with Gasteiger partial charge in [0.25, 0.3) is 0 Å². The van der Waals surface area contributed by atoms with Crippen molar-refractivity contribution in [3.05, 3.63) is 48.5 Å². The van der Waals surface area contributed by atoms with Crippen molar-refractivity contribution in [2.75, 3.05) is 5.73 Å². The predicted octanol–water partition coefficient (Wildman–Crippen LogP) is 3.22. The maximum atomic E-state index is 13.0. The van der Waals surface area contributed by atoms with Gasteiger partial charge >= 0.3 is 0 Å². The van der Waals surface area contributed by atoms with E-state index in [0.717, 1.165) is 0 Å². The van der Waals surface area contributed by atoms with E-state index in [-0.39, 0.29) is 5.82 Å². The number of furan rings is 1. The van der Waals surface area contributed by atoms with Gasteiger partial charge in [0.05, 0.1) is 5.56 Å².